The quantitative estimate of drug-likeness (QED) is 0.403. The van der Waals surface area contributed by atoms with E-state index in [1.54, 1.807) is 24.0 Å². The highest BCUT2D eigenvalue weighted by Gasteiger charge is 2.22. The molecule has 0 aliphatic carbocycles. The van der Waals surface area contributed by atoms with Crippen LogP contribution in [0.2, 0.25) is 0 Å². The van der Waals surface area contributed by atoms with Crippen LogP contribution in [0.4, 0.5) is 5.13 Å². The van der Waals surface area contributed by atoms with Crippen molar-refractivity contribution in [3.63, 3.8) is 0 Å². The Bertz CT molecular complexity index is 1150. The number of nitrogens with zero attached hydrogens (tertiary/aromatic N) is 3. The number of fused-ring (bicyclic) bond motifs is 1. The number of sulfone groups is 1. The second kappa shape index (κ2) is 10.9. The van der Waals surface area contributed by atoms with Gasteiger partial charge >= 0.3 is 0 Å². The van der Waals surface area contributed by atoms with Crippen molar-refractivity contribution in [1.29, 1.82) is 0 Å². The monoisotopic (exact) mass is 545 g/mol. The van der Waals surface area contributed by atoms with Crippen LogP contribution in [0.25, 0.3) is 10.2 Å². The molecule has 2 aromatic carbocycles. The van der Waals surface area contributed by atoms with E-state index in [9.17, 15) is 13.2 Å². The number of carbonyl (C=O) groups excluding carboxylic acids is 1. The summed E-state index contributed by atoms with van der Waals surface area (Å²) in [6, 6.07) is 12.0. The van der Waals surface area contributed by atoms with Gasteiger partial charge in [0.25, 0.3) is 5.91 Å². The van der Waals surface area contributed by atoms with Crippen molar-refractivity contribution in [3.8, 4) is 0 Å². The lowest BCUT2D eigenvalue weighted by Gasteiger charge is -2.21. The summed E-state index contributed by atoms with van der Waals surface area (Å²) >= 11 is 4.94. The van der Waals surface area contributed by atoms with E-state index >= 15 is 0 Å². The molecule has 1 heterocycles. The number of benzene rings is 2. The third kappa shape index (κ3) is 6.26. The van der Waals surface area contributed by atoms with Crippen molar-refractivity contribution in [2.45, 2.75) is 18.2 Å². The number of hydrogen-bond acceptors (Lipinski definition) is 6. The average molecular weight is 547 g/mol. The molecule has 31 heavy (non-hydrogen) atoms. The van der Waals surface area contributed by atoms with Gasteiger partial charge in [0.1, 0.15) is 0 Å². The second-order valence-electron chi connectivity index (χ2n) is 7.15. The van der Waals surface area contributed by atoms with Crippen molar-refractivity contribution in [3.05, 3.63) is 52.5 Å². The standard InChI is InChI=1S/C21H24BrN3O3S2.ClH/c1-4-30(27,28)17-9-6-15(7-10-17)20(26)25(13-5-12-24(2)3)21-23-18-11-8-16(22)14-19(18)29-21;/h6-11,14H,4-5,12-13H2,1-3H3;1H. The third-order valence-electron chi connectivity index (χ3n) is 4.64. The molecule has 168 valence electrons. The molecule has 0 atom stereocenters. The zero-order valence-corrected chi connectivity index (χ0v) is 21.6. The highest BCUT2D eigenvalue weighted by atomic mass is 79.9. The topological polar surface area (TPSA) is 70.6 Å². The van der Waals surface area contributed by atoms with Gasteiger partial charge in [0.15, 0.2) is 15.0 Å². The Morgan fingerprint density at radius 3 is 2.39 bits per heavy atom. The normalized spacial score (nSPS) is 11.5. The van der Waals surface area contributed by atoms with Crippen molar-refractivity contribution in [1.82, 2.24) is 9.88 Å². The fourth-order valence-electron chi connectivity index (χ4n) is 2.96. The van der Waals surface area contributed by atoms with Gasteiger partial charge in [-0.3, -0.25) is 9.69 Å². The van der Waals surface area contributed by atoms with Crippen molar-refractivity contribution in [2.75, 3.05) is 37.8 Å². The van der Waals surface area contributed by atoms with Gasteiger partial charge in [-0.25, -0.2) is 13.4 Å². The smallest absolute Gasteiger partial charge is 0.260 e. The molecule has 0 bridgehead atoms. The second-order valence-corrected chi connectivity index (χ2v) is 11.4. The predicted molar refractivity (Wildman–Crippen MR) is 134 cm³/mol. The minimum absolute atomic E-state index is 0. The Hall–Kier alpha value is -1.52. The number of hydrogen-bond donors (Lipinski definition) is 0. The molecule has 0 spiro atoms. The van der Waals surface area contributed by atoms with Crippen LogP contribution >= 0.6 is 39.7 Å². The molecule has 3 aromatic rings. The SMILES string of the molecule is CCS(=O)(=O)c1ccc(C(=O)N(CCCN(C)C)c2nc3ccc(Br)cc3s2)cc1.Cl. The summed E-state index contributed by atoms with van der Waals surface area (Å²) in [7, 11) is 0.685. The molecule has 3 rings (SSSR count). The van der Waals surface area contributed by atoms with Crippen molar-refractivity contribution in [2.24, 2.45) is 0 Å². The Labute approximate surface area is 201 Å². The molecule has 0 N–H and O–H groups in total. The molecule has 6 nitrogen and oxygen atoms in total. The molecule has 0 unspecified atom stereocenters. The number of halogens is 2. The summed E-state index contributed by atoms with van der Waals surface area (Å²) in [5, 5.41) is 0.636. The molecule has 1 amide bonds. The maximum absolute atomic E-state index is 13.3. The predicted octanol–water partition coefficient (Wildman–Crippen LogP) is 4.87. The number of thiazole rings is 1. The summed E-state index contributed by atoms with van der Waals surface area (Å²) in [5.41, 5.74) is 1.28. The molecule has 0 radical (unpaired) electrons. The number of carbonyl (C=O) groups is 1. The van der Waals surface area contributed by atoms with E-state index in [1.165, 1.54) is 23.5 Å². The zero-order chi connectivity index (χ0) is 21.9. The number of anilines is 1. The van der Waals surface area contributed by atoms with Gasteiger partial charge in [0.2, 0.25) is 0 Å². The summed E-state index contributed by atoms with van der Waals surface area (Å²) < 4.78 is 26.1. The zero-order valence-electron chi connectivity index (χ0n) is 17.5. The van der Waals surface area contributed by atoms with Crippen LogP contribution in [0.5, 0.6) is 0 Å². The Balaban J connectivity index is 0.00000341. The van der Waals surface area contributed by atoms with Crippen LogP contribution in [-0.4, -0.2) is 57.1 Å². The molecule has 0 fully saturated rings. The van der Waals surface area contributed by atoms with Crippen LogP contribution in [0.1, 0.15) is 23.7 Å². The Morgan fingerprint density at radius 2 is 1.77 bits per heavy atom. The average Bonchev–Trinajstić information content (AvgIpc) is 3.13. The van der Waals surface area contributed by atoms with Crippen LogP contribution in [-0.2, 0) is 9.84 Å². The van der Waals surface area contributed by atoms with Crippen molar-refractivity contribution >= 4 is 70.8 Å². The van der Waals surface area contributed by atoms with E-state index < -0.39 is 9.84 Å². The highest BCUT2D eigenvalue weighted by molar-refractivity contribution is 9.10. The van der Waals surface area contributed by atoms with Gasteiger partial charge in [-0.15, -0.1) is 12.4 Å². The lowest BCUT2D eigenvalue weighted by molar-refractivity contribution is 0.0986. The van der Waals surface area contributed by atoms with E-state index in [4.69, 9.17) is 0 Å². The summed E-state index contributed by atoms with van der Waals surface area (Å²) in [6.45, 7) is 2.97. The fourth-order valence-corrected chi connectivity index (χ4v) is 5.38. The summed E-state index contributed by atoms with van der Waals surface area (Å²) in [6.07, 6.45) is 0.792. The maximum Gasteiger partial charge on any atom is 0.260 e. The van der Waals surface area contributed by atoms with E-state index in [-0.39, 0.29) is 29.0 Å². The highest BCUT2D eigenvalue weighted by Crippen LogP contribution is 2.32. The number of amides is 1. The maximum atomic E-state index is 13.3. The van der Waals surface area contributed by atoms with Gasteiger partial charge in [-0.2, -0.15) is 0 Å². The van der Waals surface area contributed by atoms with E-state index in [0.29, 0.717) is 17.2 Å². The minimum atomic E-state index is -3.30. The molecule has 1 aromatic heterocycles. The van der Waals surface area contributed by atoms with Crippen LogP contribution in [0.3, 0.4) is 0 Å². The van der Waals surface area contributed by atoms with Gasteiger partial charge in [0, 0.05) is 16.6 Å². The first-order valence-electron chi connectivity index (χ1n) is 9.57. The van der Waals surface area contributed by atoms with E-state index in [1.807, 2.05) is 32.3 Å². The van der Waals surface area contributed by atoms with Gasteiger partial charge < -0.3 is 4.90 Å². The third-order valence-corrected chi connectivity index (χ3v) is 7.93. The largest absolute Gasteiger partial charge is 0.309 e. The Morgan fingerprint density at radius 1 is 1.10 bits per heavy atom. The number of rotatable bonds is 8. The first kappa shape index (κ1) is 25.7. The molecule has 0 aliphatic rings. The molecule has 0 aliphatic heterocycles. The van der Waals surface area contributed by atoms with Gasteiger partial charge in [-0.05, 0) is 69.5 Å². The number of aromatic nitrogens is 1. The van der Waals surface area contributed by atoms with E-state index in [0.717, 1.165) is 27.7 Å². The fraction of sp³-hybridized carbons (Fsp3) is 0.333. The first-order valence-corrected chi connectivity index (χ1v) is 12.8. The molecular formula is C21H25BrClN3O3S2. The van der Waals surface area contributed by atoms with Crippen LogP contribution in [0.15, 0.2) is 51.8 Å². The van der Waals surface area contributed by atoms with Crippen LogP contribution in [0, 0.1) is 0 Å². The van der Waals surface area contributed by atoms with E-state index in [2.05, 4.69) is 25.8 Å². The summed E-state index contributed by atoms with van der Waals surface area (Å²) in [4.78, 5) is 22.0. The van der Waals surface area contributed by atoms with Gasteiger partial charge in [0.05, 0.1) is 20.9 Å². The van der Waals surface area contributed by atoms with Gasteiger partial charge in [-0.1, -0.05) is 34.2 Å². The molecule has 0 saturated carbocycles. The molecule has 0 saturated heterocycles. The lowest BCUT2D eigenvalue weighted by atomic mass is 10.2. The Kier molecular flexibility index (Phi) is 9.03. The minimum Gasteiger partial charge on any atom is -0.309 e. The summed E-state index contributed by atoms with van der Waals surface area (Å²) in [5.74, 6) is -0.162. The molecule has 10 heteroatoms. The first-order chi connectivity index (χ1) is 14.2. The van der Waals surface area contributed by atoms with Crippen molar-refractivity contribution < 1.29 is 13.2 Å². The lowest BCUT2D eigenvalue weighted by Crippen LogP contribution is -2.33. The molecular weight excluding hydrogens is 522 g/mol. The van der Waals surface area contributed by atoms with Crippen LogP contribution < -0.4 is 4.90 Å².